The lowest BCUT2D eigenvalue weighted by molar-refractivity contribution is -0.137. The van der Waals surface area contributed by atoms with E-state index in [1.807, 2.05) is 0 Å². The molecule has 1 saturated carbocycles. The Morgan fingerprint density at radius 1 is 1.13 bits per heavy atom. The maximum absolute atomic E-state index is 12.7. The minimum Gasteiger partial charge on any atom is -0.368 e. The van der Waals surface area contributed by atoms with Crippen LogP contribution in [0.2, 0.25) is 0 Å². The third kappa shape index (κ3) is 3.52. The van der Waals surface area contributed by atoms with Crippen molar-refractivity contribution in [3.8, 4) is 0 Å². The SMILES string of the molecule is Cc1cccc(N2CCN(C(=O)C3CCCC(N)C3)CC2)c1C. The zero-order valence-corrected chi connectivity index (χ0v) is 14.4. The third-order valence-corrected chi connectivity index (χ3v) is 5.57. The molecule has 0 aromatic heterocycles. The van der Waals surface area contributed by atoms with Crippen LogP contribution in [0.15, 0.2) is 18.2 Å². The van der Waals surface area contributed by atoms with Gasteiger partial charge in [0.1, 0.15) is 0 Å². The quantitative estimate of drug-likeness (QED) is 0.912. The molecular formula is C19H29N3O. The molecule has 23 heavy (non-hydrogen) atoms. The fourth-order valence-corrected chi connectivity index (χ4v) is 3.96. The van der Waals surface area contributed by atoms with E-state index in [4.69, 9.17) is 5.73 Å². The van der Waals surface area contributed by atoms with Gasteiger partial charge in [0.25, 0.3) is 0 Å². The van der Waals surface area contributed by atoms with E-state index in [1.165, 1.54) is 16.8 Å². The molecule has 0 bridgehead atoms. The van der Waals surface area contributed by atoms with Gasteiger partial charge in [-0.1, -0.05) is 18.6 Å². The lowest BCUT2D eigenvalue weighted by Gasteiger charge is -2.39. The zero-order chi connectivity index (χ0) is 16.4. The molecule has 2 aliphatic rings. The Hall–Kier alpha value is -1.55. The Balaban J connectivity index is 1.60. The van der Waals surface area contributed by atoms with Gasteiger partial charge >= 0.3 is 0 Å². The summed E-state index contributed by atoms with van der Waals surface area (Å²) in [6.07, 6.45) is 4.06. The molecule has 0 radical (unpaired) electrons. The van der Waals surface area contributed by atoms with Crippen molar-refractivity contribution in [3.05, 3.63) is 29.3 Å². The van der Waals surface area contributed by atoms with Crippen LogP contribution in [0, 0.1) is 19.8 Å². The van der Waals surface area contributed by atoms with Crippen LogP contribution < -0.4 is 10.6 Å². The molecule has 3 rings (SSSR count). The number of piperazine rings is 1. The summed E-state index contributed by atoms with van der Waals surface area (Å²) in [4.78, 5) is 17.2. The van der Waals surface area contributed by atoms with Gasteiger partial charge < -0.3 is 15.5 Å². The molecule has 4 heteroatoms. The number of hydrogen-bond donors (Lipinski definition) is 1. The predicted molar refractivity (Wildman–Crippen MR) is 94.6 cm³/mol. The molecule has 1 aromatic rings. The van der Waals surface area contributed by atoms with E-state index in [1.54, 1.807) is 0 Å². The van der Waals surface area contributed by atoms with E-state index < -0.39 is 0 Å². The Bertz CT molecular complexity index is 564. The molecule has 4 nitrogen and oxygen atoms in total. The molecule has 1 amide bonds. The minimum atomic E-state index is 0.158. The second kappa shape index (κ2) is 6.91. The van der Waals surface area contributed by atoms with Crippen LogP contribution in [0.3, 0.4) is 0 Å². The Morgan fingerprint density at radius 2 is 1.87 bits per heavy atom. The first-order valence-corrected chi connectivity index (χ1v) is 8.92. The average Bonchev–Trinajstić information content (AvgIpc) is 2.57. The minimum absolute atomic E-state index is 0.158. The second-order valence-corrected chi connectivity index (χ2v) is 7.15. The molecule has 126 valence electrons. The van der Waals surface area contributed by atoms with E-state index in [2.05, 4.69) is 41.8 Å². The number of carbonyl (C=O) groups is 1. The van der Waals surface area contributed by atoms with Crippen molar-refractivity contribution in [2.75, 3.05) is 31.1 Å². The summed E-state index contributed by atoms with van der Waals surface area (Å²) in [5, 5.41) is 0. The molecule has 1 aliphatic heterocycles. The fourth-order valence-electron chi connectivity index (χ4n) is 3.96. The highest BCUT2D eigenvalue weighted by molar-refractivity contribution is 5.79. The molecule has 1 aromatic carbocycles. The topological polar surface area (TPSA) is 49.6 Å². The number of carbonyl (C=O) groups excluding carboxylic acids is 1. The molecule has 1 heterocycles. The average molecular weight is 315 g/mol. The van der Waals surface area contributed by atoms with Crippen LogP contribution in [-0.4, -0.2) is 43.0 Å². The monoisotopic (exact) mass is 315 g/mol. The lowest BCUT2D eigenvalue weighted by Crippen LogP contribution is -2.51. The number of hydrogen-bond acceptors (Lipinski definition) is 3. The summed E-state index contributed by atoms with van der Waals surface area (Å²) >= 11 is 0. The number of anilines is 1. The van der Waals surface area contributed by atoms with Crippen molar-refractivity contribution < 1.29 is 4.79 Å². The molecule has 2 atom stereocenters. The molecule has 2 unspecified atom stereocenters. The summed E-state index contributed by atoms with van der Waals surface area (Å²) in [6, 6.07) is 6.69. The van der Waals surface area contributed by atoms with Crippen molar-refractivity contribution in [2.24, 2.45) is 11.7 Å². The van der Waals surface area contributed by atoms with Gasteiger partial charge in [-0.3, -0.25) is 4.79 Å². The Morgan fingerprint density at radius 3 is 2.57 bits per heavy atom. The number of rotatable bonds is 2. The molecular weight excluding hydrogens is 286 g/mol. The molecule has 1 saturated heterocycles. The highest BCUT2D eigenvalue weighted by atomic mass is 16.2. The van der Waals surface area contributed by atoms with Crippen molar-refractivity contribution in [1.82, 2.24) is 4.90 Å². The molecule has 2 fully saturated rings. The van der Waals surface area contributed by atoms with E-state index in [-0.39, 0.29) is 12.0 Å². The predicted octanol–water partition coefficient (Wildman–Crippen LogP) is 2.47. The van der Waals surface area contributed by atoms with Gasteiger partial charge in [0, 0.05) is 43.8 Å². The number of benzene rings is 1. The van der Waals surface area contributed by atoms with Gasteiger partial charge in [-0.2, -0.15) is 0 Å². The first kappa shape index (κ1) is 16.3. The summed E-state index contributed by atoms with van der Waals surface area (Å²) in [7, 11) is 0. The number of amides is 1. The van der Waals surface area contributed by atoms with Gasteiger partial charge in [-0.15, -0.1) is 0 Å². The van der Waals surface area contributed by atoms with Gasteiger partial charge in [-0.05, 0) is 50.3 Å². The summed E-state index contributed by atoms with van der Waals surface area (Å²) < 4.78 is 0. The summed E-state index contributed by atoms with van der Waals surface area (Å²) in [5.74, 6) is 0.492. The highest BCUT2D eigenvalue weighted by Crippen LogP contribution is 2.27. The van der Waals surface area contributed by atoms with Crippen LogP contribution in [0.5, 0.6) is 0 Å². The molecule has 0 spiro atoms. The fraction of sp³-hybridized carbons (Fsp3) is 0.632. The van der Waals surface area contributed by atoms with Gasteiger partial charge in [0.15, 0.2) is 0 Å². The first-order chi connectivity index (χ1) is 11.1. The second-order valence-electron chi connectivity index (χ2n) is 7.15. The van der Waals surface area contributed by atoms with Crippen molar-refractivity contribution in [1.29, 1.82) is 0 Å². The smallest absolute Gasteiger partial charge is 0.225 e. The van der Waals surface area contributed by atoms with E-state index in [9.17, 15) is 4.79 Å². The van der Waals surface area contributed by atoms with Crippen LogP contribution in [0.4, 0.5) is 5.69 Å². The van der Waals surface area contributed by atoms with Crippen LogP contribution in [0.1, 0.15) is 36.8 Å². The van der Waals surface area contributed by atoms with Gasteiger partial charge in [0.05, 0.1) is 0 Å². The van der Waals surface area contributed by atoms with Crippen LogP contribution >= 0.6 is 0 Å². The molecule has 2 N–H and O–H groups in total. The Labute approximate surface area is 139 Å². The summed E-state index contributed by atoms with van der Waals surface area (Å²) in [6.45, 7) is 7.86. The molecule has 1 aliphatic carbocycles. The van der Waals surface area contributed by atoms with Crippen LogP contribution in [0.25, 0.3) is 0 Å². The van der Waals surface area contributed by atoms with E-state index in [0.29, 0.717) is 5.91 Å². The van der Waals surface area contributed by atoms with Crippen molar-refractivity contribution in [3.63, 3.8) is 0 Å². The maximum Gasteiger partial charge on any atom is 0.225 e. The number of nitrogens with zero attached hydrogens (tertiary/aromatic N) is 2. The standard InChI is InChI=1S/C19H29N3O/c1-14-5-3-8-18(15(14)2)21-9-11-22(12-10-21)19(23)16-6-4-7-17(20)13-16/h3,5,8,16-17H,4,6-7,9-13,20H2,1-2H3. The van der Waals surface area contributed by atoms with Crippen molar-refractivity contribution in [2.45, 2.75) is 45.6 Å². The highest BCUT2D eigenvalue weighted by Gasteiger charge is 2.30. The third-order valence-electron chi connectivity index (χ3n) is 5.57. The van der Waals surface area contributed by atoms with E-state index in [0.717, 1.165) is 51.9 Å². The summed E-state index contributed by atoms with van der Waals surface area (Å²) in [5.41, 5.74) is 10.0. The zero-order valence-electron chi connectivity index (χ0n) is 14.4. The largest absolute Gasteiger partial charge is 0.368 e. The van der Waals surface area contributed by atoms with Crippen molar-refractivity contribution >= 4 is 11.6 Å². The Kier molecular flexibility index (Phi) is 4.90. The van der Waals surface area contributed by atoms with Gasteiger partial charge in [-0.25, -0.2) is 0 Å². The number of aryl methyl sites for hydroxylation is 1. The van der Waals surface area contributed by atoms with Crippen LogP contribution in [-0.2, 0) is 4.79 Å². The normalized spacial score (nSPS) is 25.5. The van der Waals surface area contributed by atoms with Gasteiger partial charge in [0.2, 0.25) is 5.91 Å². The maximum atomic E-state index is 12.7. The lowest BCUT2D eigenvalue weighted by atomic mass is 9.85. The van der Waals surface area contributed by atoms with E-state index >= 15 is 0 Å². The number of nitrogens with two attached hydrogens (primary N) is 1. The first-order valence-electron chi connectivity index (χ1n) is 8.92.